The molecule has 0 aliphatic rings. The minimum Gasteiger partial charge on any atom is -0.484 e. The van der Waals surface area contributed by atoms with Crippen LogP contribution in [0.3, 0.4) is 0 Å². The highest BCUT2D eigenvalue weighted by Crippen LogP contribution is 2.18. The van der Waals surface area contributed by atoms with Gasteiger partial charge in [-0.15, -0.1) is 10.2 Å². The number of ether oxygens (including phenoxy) is 1. The molecule has 0 spiro atoms. The molecule has 0 aliphatic carbocycles. The number of amides is 1. The van der Waals surface area contributed by atoms with E-state index in [2.05, 4.69) is 28.5 Å². The number of carbonyl (C=O) groups excluding carboxylic acids is 1. The first-order chi connectivity index (χ1) is 11.1. The second kappa shape index (κ2) is 8.62. The lowest BCUT2D eigenvalue weighted by Crippen LogP contribution is -2.20. The quantitative estimate of drug-likeness (QED) is 0.744. The summed E-state index contributed by atoms with van der Waals surface area (Å²) in [5, 5.41) is 12.3. The Bertz CT molecular complexity index is 635. The van der Waals surface area contributed by atoms with Crippen LogP contribution in [-0.2, 0) is 11.2 Å². The number of nitrogens with zero attached hydrogens (tertiary/aromatic N) is 2. The number of anilines is 1. The first-order valence-electron chi connectivity index (χ1n) is 7.90. The molecule has 0 aliphatic heterocycles. The topological polar surface area (TPSA) is 64.1 Å². The summed E-state index contributed by atoms with van der Waals surface area (Å²) in [6.45, 7) is 6.14. The summed E-state index contributed by atoms with van der Waals surface area (Å²) in [5.41, 5.74) is 2.22. The van der Waals surface area contributed by atoms with Crippen molar-refractivity contribution in [3.63, 3.8) is 0 Å². The molecular weight excluding hydrogens is 310 g/mol. The van der Waals surface area contributed by atoms with Crippen LogP contribution in [-0.4, -0.2) is 22.7 Å². The van der Waals surface area contributed by atoms with Gasteiger partial charge < -0.3 is 4.74 Å². The van der Waals surface area contributed by atoms with Crippen LogP contribution in [0.5, 0.6) is 5.75 Å². The number of hydrogen-bond acceptors (Lipinski definition) is 5. The number of nitrogens with one attached hydrogen (secondary N) is 1. The lowest BCUT2D eigenvalue weighted by Gasteiger charge is -2.07. The van der Waals surface area contributed by atoms with Crippen LogP contribution in [0.4, 0.5) is 5.13 Å². The SMILES string of the molecule is CCCCCc1nnc(NC(=O)COc2cc(C)cc(C)c2)s1. The number of aryl methyl sites for hydroxylation is 3. The van der Waals surface area contributed by atoms with Crippen molar-refractivity contribution < 1.29 is 9.53 Å². The maximum Gasteiger partial charge on any atom is 0.264 e. The smallest absolute Gasteiger partial charge is 0.264 e. The summed E-state index contributed by atoms with van der Waals surface area (Å²) in [6, 6.07) is 5.89. The van der Waals surface area contributed by atoms with Crippen molar-refractivity contribution in [2.75, 3.05) is 11.9 Å². The number of benzene rings is 1. The number of aromatic nitrogens is 2. The molecule has 1 amide bonds. The average Bonchev–Trinajstić information content (AvgIpc) is 2.92. The summed E-state index contributed by atoms with van der Waals surface area (Å²) >= 11 is 1.43. The van der Waals surface area contributed by atoms with Crippen molar-refractivity contribution >= 4 is 22.4 Å². The van der Waals surface area contributed by atoms with Gasteiger partial charge in [0.1, 0.15) is 10.8 Å². The highest BCUT2D eigenvalue weighted by atomic mass is 32.1. The summed E-state index contributed by atoms with van der Waals surface area (Å²) in [6.07, 6.45) is 4.39. The van der Waals surface area contributed by atoms with Crippen LogP contribution in [0.25, 0.3) is 0 Å². The van der Waals surface area contributed by atoms with E-state index in [9.17, 15) is 4.79 Å². The second-order valence-corrected chi connectivity index (χ2v) is 6.68. The number of rotatable bonds is 8. The standard InChI is InChI=1S/C17H23N3O2S/c1-4-5-6-7-16-19-20-17(23-16)18-15(21)11-22-14-9-12(2)8-13(3)10-14/h8-10H,4-7,11H2,1-3H3,(H,18,20,21). The third-order valence-electron chi connectivity index (χ3n) is 3.27. The summed E-state index contributed by atoms with van der Waals surface area (Å²) in [5.74, 6) is 0.482. The van der Waals surface area contributed by atoms with Gasteiger partial charge >= 0.3 is 0 Å². The van der Waals surface area contributed by atoms with E-state index in [-0.39, 0.29) is 12.5 Å². The monoisotopic (exact) mass is 333 g/mol. The van der Waals surface area contributed by atoms with Gasteiger partial charge in [0.2, 0.25) is 5.13 Å². The van der Waals surface area contributed by atoms with E-state index in [1.165, 1.54) is 24.2 Å². The van der Waals surface area contributed by atoms with Gasteiger partial charge in [0.05, 0.1) is 0 Å². The minimum absolute atomic E-state index is 0.0341. The third-order valence-corrected chi connectivity index (χ3v) is 4.17. The highest BCUT2D eigenvalue weighted by Gasteiger charge is 2.09. The van der Waals surface area contributed by atoms with E-state index in [4.69, 9.17) is 4.74 Å². The van der Waals surface area contributed by atoms with E-state index in [1.54, 1.807) is 0 Å². The van der Waals surface area contributed by atoms with Crippen LogP contribution in [0.2, 0.25) is 0 Å². The Hall–Kier alpha value is -1.95. The molecule has 124 valence electrons. The lowest BCUT2D eigenvalue weighted by atomic mass is 10.1. The maximum absolute atomic E-state index is 11.9. The maximum atomic E-state index is 11.9. The summed E-state index contributed by atoms with van der Waals surface area (Å²) in [7, 11) is 0. The van der Waals surface area contributed by atoms with E-state index in [0.29, 0.717) is 10.9 Å². The molecule has 1 aromatic carbocycles. The Balaban J connectivity index is 1.80. The van der Waals surface area contributed by atoms with Gasteiger partial charge in [0.25, 0.3) is 5.91 Å². The Kier molecular flexibility index (Phi) is 6.52. The van der Waals surface area contributed by atoms with E-state index >= 15 is 0 Å². The first kappa shape index (κ1) is 17.4. The van der Waals surface area contributed by atoms with Gasteiger partial charge in [0, 0.05) is 6.42 Å². The molecule has 5 nitrogen and oxygen atoms in total. The van der Waals surface area contributed by atoms with Gasteiger partial charge in [-0.3, -0.25) is 10.1 Å². The first-order valence-corrected chi connectivity index (χ1v) is 8.72. The number of unbranched alkanes of at least 4 members (excludes halogenated alkanes) is 2. The van der Waals surface area contributed by atoms with Crippen molar-refractivity contribution in [3.8, 4) is 5.75 Å². The lowest BCUT2D eigenvalue weighted by molar-refractivity contribution is -0.118. The van der Waals surface area contributed by atoms with Crippen molar-refractivity contribution in [1.82, 2.24) is 10.2 Å². The van der Waals surface area contributed by atoms with Crippen LogP contribution in [0, 0.1) is 13.8 Å². The summed E-state index contributed by atoms with van der Waals surface area (Å²) < 4.78 is 5.53. The zero-order chi connectivity index (χ0) is 16.7. The predicted octanol–water partition coefficient (Wildman–Crippen LogP) is 3.91. The Morgan fingerprint density at radius 1 is 1.17 bits per heavy atom. The van der Waals surface area contributed by atoms with E-state index < -0.39 is 0 Å². The molecular formula is C17H23N3O2S. The minimum atomic E-state index is -0.222. The highest BCUT2D eigenvalue weighted by molar-refractivity contribution is 7.15. The molecule has 6 heteroatoms. The molecule has 0 unspecified atom stereocenters. The Morgan fingerprint density at radius 2 is 1.91 bits per heavy atom. The van der Waals surface area contributed by atoms with Gasteiger partial charge in [-0.1, -0.05) is 37.2 Å². The predicted molar refractivity (Wildman–Crippen MR) is 93.2 cm³/mol. The molecule has 1 aromatic heterocycles. The van der Waals surface area contributed by atoms with Gasteiger partial charge in [-0.2, -0.15) is 0 Å². The molecule has 0 radical (unpaired) electrons. The molecule has 2 aromatic rings. The molecule has 0 atom stereocenters. The van der Waals surface area contributed by atoms with Crippen molar-refractivity contribution in [1.29, 1.82) is 0 Å². The van der Waals surface area contributed by atoms with Crippen LogP contribution in [0.1, 0.15) is 42.3 Å². The molecule has 0 fully saturated rings. The second-order valence-electron chi connectivity index (χ2n) is 5.62. The van der Waals surface area contributed by atoms with Crippen LogP contribution < -0.4 is 10.1 Å². The van der Waals surface area contributed by atoms with Crippen molar-refractivity contribution in [3.05, 3.63) is 34.3 Å². The molecule has 1 heterocycles. The number of carbonyl (C=O) groups is 1. The Morgan fingerprint density at radius 3 is 2.61 bits per heavy atom. The zero-order valence-electron chi connectivity index (χ0n) is 13.9. The molecule has 0 saturated carbocycles. The van der Waals surface area contributed by atoms with Crippen molar-refractivity contribution in [2.45, 2.75) is 46.5 Å². The molecule has 23 heavy (non-hydrogen) atoms. The van der Waals surface area contributed by atoms with Gasteiger partial charge in [-0.05, 0) is 43.5 Å². The van der Waals surface area contributed by atoms with E-state index in [0.717, 1.165) is 29.0 Å². The number of hydrogen-bond donors (Lipinski definition) is 1. The van der Waals surface area contributed by atoms with E-state index in [1.807, 2.05) is 26.0 Å². The molecule has 0 saturated heterocycles. The molecule has 2 rings (SSSR count). The molecule has 1 N–H and O–H groups in total. The van der Waals surface area contributed by atoms with Gasteiger partial charge in [0.15, 0.2) is 6.61 Å². The fourth-order valence-electron chi connectivity index (χ4n) is 2.25. The zero-order valence-corrected chi connectivity index (χ0v) is 14.7. The molecule has 0 bridgehead atoms. The fraction of sp³-hybridized carbons (Fsp3) is 0.471. The van der Waals surface area contributed by atoms with Crippen LogP contribution >= 0.6 is 11.3 Å². The third kappa shape index (κ3) is 5.98. The van der Waals surface area contributed by atoms with Crippen molar-refractivity contribution in [2.24, 2.45) is 0 Å². The largest absolute Gasteiger partial charge is 0.484 e. The fourth-order valence-corrected chi connectivity index (χ4v) is 3.05. The normalized spacial score (nSPS) is 10.6. The van der Waals surface area contributed by atoms with Gasteiger partial charge in [-0.25, -0.2) is 0 Å². The Labute approximate surface area is 141 Å². The average molecular weight is 333 g/mol. The summed E-state index contributed by atoms with van der Waals surface area (Å²) in [4.78, 5) is 11.9. The van der Waals surface area contributed by atoms with Crippen LogP contribution in [0.15, 0.2) is 18.2 Å².